The number of hydrogen-bond donors (Lipinski definition) is 2. The lowest BCUT2D eigenvalue weighted by Crippen LogP contribution is -2.56. The van der Waals surface area contributed by atoms with Crippen LogP contribution in [0.2, 0.25) is 0 Å². The number of nitrogens with one attached hydrogen (secondary N) is 1. The van der Waals surface area contributed by atoms with Crippen molar-refractivity contribution in [1.29, 1.82) is 0 Å². The van der Waals surface area contributed by atoms with E-state index >= 15 is 0 Å². The summed E-state index contributed by atoms with van der Waals surface area (Å²) in [4.78, 5) is 34.0. The Morgan fingerprint density at radius 2 is 1.83 bits per heavy atom. The third-order valence-electron chi connectivity index (χ3n) is 9.82. The zero-order chi connectivity index (χ0) is 31.2. The minimum Gasteiger partial charge on any atom is -0.508 e. The number of amides is 2. The molecular weight excluding hydrogens is 578 g/mol. The van der Waals surface area contributed by atoms with E-state index in [0.717, 1.165) is 70.8 Å². The average Bonchev–Trinajstić information content (AvgIpc) is 3.60. The Hall–Kier alpha value is -4.96. The molecule has 0 spiro atoms. The quantitative estimate of drug-likeness (QED) is 0.243. The van der Waals surface area contributed by atoms with Crippen molar-refractivity contribution in [2.75, 3.05) is 43.5 Å². The second kappa shape index (κ2) is 11.8. The van der Waals surface area contributed by atoms with Crippen molar-refractivity contribution in [2.45, 2.75) is 43.8 Å². The Bertz CT molecular complexity index is 1910. The molecule has 2 amide bonds. The number of pyridine rings is 1. The number of anilines is 2. The number of aromatic hydroxyl groups is 1. The monoisotopic (exact) mass is 615 g/mol. The number of benzene rings is 3. The molecule has 5 heterocycles. The van der Waals surface area contributed by atoms with Crippen molar-refractivity contribution in [3.63, 3.8) is 0 Å². The highest BCUT2D eigenvalue weighted by Crippen LogP contribution is 2.40. The smallest absolute Gasteiger partial charge is 0.322 e. The topological polar surface area (TPSA) is 107 Å². The van der Waals surface area contributed by atoms with Gasteiger partial charge in [0.15, 0.2) is 0 Å². The van der Waals surface area contributed by atoms with Crippen LogP contribution in [-0.2, 0) is 0 Å². The van der Waals surface area contributed by atoms with Crippen LogP contribution >= 0.6 is 0 Å². The average molecular weight is 616 g/mol. The van der Waals surface area contributed by atoms with Gasteiger partial charge in [-0.2, -0.15) is 9.97 Å². The van der Waals surface area contributed by atoms with Gasteiger partial charge in [0.1, 0.15) is 18.2 Å². The molecule has 3 fully saturated rings. The molecule has 3 saturated heterocycles. The van der Waals surface area contributed by atoms with Crippen LogP contribution in [0.4, 0.5) is 16.3 Å². The molecule has 0 aliphatic carbocycles. The molecule has 0 saturated carbocycles. The van der Waals surface area contributed by atoms with Gasteiger partial charge in [0.2, 0.25) is 0 Å². The van der Waals surface area contributed by atoms with Gasteiger partial charge >= 0.3 is 12.0 Å². The predicted molar refractivity (Wildman–Crippen MR) is 179 cm³/mol. The van der Waals surface area contributed by atoms with Gasteiger partial charge in [0.25, 0.3) is 0 Å². The molecule has 2 N–H and O–H groups in total. The third kappa shape index (κ3) is 5.32. The summed E-state index contributed by atoms with van der Waals surface area (Å²) < 4.78 is 6.34. The molecule has 0 radical (unpaired) electrons. The Kier molecular flexibility index (Phi) is 7.29. The molecule has 3 atom stereocenters. The first-order valence-electron chi connectivity index (χ1n) is 16.1. The second-order valence-corrected chi connectivity index (χ2v) is 12.7. The van der Waals surface area contributed by atoms with Crippen LogP contribution in [-0.4, -0.2) is 87.3 Å². The lowest BCUT2D eigenvalue weighted by atomic mass is 9.97. The minimum atomic E-state index is -0.107. The first-order valence-corrected chi connectivity index (χ1v) is 16.1. The fourth-order valence-corrected chi connectivity index (χ4v) is 7.47. The summed E-state index contributed by atoms with van der Waals surface area (Å²) in [6.07, 6.45) is 7.57. The molecule has 5 aromatic rings. The number of likely N-dealkylation sites (tertiary alicyclic amines) is 2. The predicted octanol–water partition coefficient (Wildman–Crippen LogP) is 5.91. The van der Waals surface area contributed by atoms with E-state index in [4.69, 9.17) is 14.7 Å². The highest BCUT2D eigenvalue weighted by Gasteiger charge is 2.43. The summed E-state index contributed by atoms with van der Waals surface area (Å²) in [6, 6.07) is 22.5. The maximum Gasteiger partial charge on any atom is 0.322 e. The van der Waals surface area contributed by atoms with Gasteiger partial charge in [-0.05, 0) is 97.6 Å². The van der Waals surface area contributed by atoms with E-state index in [9.17, 15) is 9.90 Å². The van der Waals surface area contributed by atoms with Crippen LogP contribution in [0, 0.1) is 0 Å². The maximum absolute atomic E-state index is 13.2. The summed E-state index contributed by atoms with van der Waals surface area (Å²) in [5, 5.41) is 16.5. The van der Waals surface area contributed by atoms with Crippen molar-refractivity contribution >= 4 is 39.2 Å². The Balaban J connectivity index is 1.15. The number of aromatic nitrogens is 3. The molecule has 3 aliphatic rings. The number of phenolic OH excluding ortho intramolecular Hbond substituents is 1. The summed E-state index contributed by atoms with van der Waals surface area (Å²) in [7, 11) is 2.14. The molecule has 8 rings (SSSR count). The number of piperazine rings is 1. The normalized spacial score (nSPS) is 21.3. The van der Waals surface area contributed by atoms with Crippen LogP contribution in [0.25, 0.3) is 32.8 Å². The lowest BCUT2D eigenvalue weighted by molar-refractivity contribution is 0.187. The molecule has 2 aromatic heterocycles. The molecule has 10 heteroatoms. The molecular formula is C36H37N7O3. The zero-order valence-electron chi connectivity index (χ0n) is 25.8. The zero-order valence-corrected chi connectivity index (χ0v) is 25.8. The van der Waals surface area contributed by atoms with Crippen molar-refractivity contribution in [3.8, 4) is 22.9 Å². The van der Waals surface area contributed by atoms with Crippen LogP contribution in [0.1, 0.15) is 25.7 Å². The first-order chi connectivity index (χ1) is 22.5. The largest absolute Gasteiger partial charge is 0.508 e. The SMILES string of the molecule is CN1CCC[C@H]1COc1nc(N2[C@@H]3CC[C@H]2CN(C(=O)Nc2cccnc2)C3)c2ccc(-c3cc(O)cc4ccccc34)cc2n1. The number of phenols is 1. The number of likely N-dealkylation sites (N-methyl/N-ethyl adjacent to an activating group) is 1. The first kappa shape index (κ1) is 28.5. The highest BCUT2D eigenvalue weighted by molar-refractivity contribution is 6.01. The number of urea groups is 1. The summed E-state index contributed by atoms with van der Waals surface area (Å²) in [5.74, 6) is 1.08. The Labute approximate surface area is 267 Å². The van der Waals surface area contributed by atoms with Crippen LogP contribution < -0.4 is 15.0 Å². The van der Waals surface area contributed by atoms with Gasteiger partial charge in [-0.3, -0.25) is 4.98 Å². The van der Waals surface area contributed by atoms with Crippen molar-refractivity contribution in [2.24, 2.45) is 0 Å². The molecule has 3 aromatic carbocycles. The summed E-state index contributed by atoms with van der Waals surface area (Å²) in [5.41, 5.74) is 3.39. The van der Waals surface area contributed by atoms with Crippen LogP contribution in [0.3, 0.4) is 0 Å². The number of carbonyl (C=O) groups is 1. The molecule has 10 nitrogen and oxygen atoms in total. The maximum atomic E-state index is 13.2. The van der Waals surface area contributed by atoms with Gasteiger partial charge < -0.3 is 29.9 Å². The van der Waals surface area contributed by atoms with Crippen LogP contribution in [0.15, 0.2) is 79.1 Å². The van der Waals surface area contributed by atoms with E-state index in [1.54, 1.807) is 18.5 Å². The van der Waals surface area contributed by atoms with Gasteiger partial charge in [-0.1, -0.05) is 30.3 Å². The molecule has 3 aliphatic heterocycles. The van der Waals surface area contributed by atoms with E-state index in [2.05, 4.69) is 51.4 Å². The van der Waals surface area contributed by atoms with E-state index in [1.807, 2.05) is 41.3 Å². The molecule has 46 heavy (non-hydrogen) atoms. The lowest BCUT2D eigenvalue weighted by Gasteiger charge is -2.42. The fourth-order valence-electron chi connectivity index (χ4n) is 7.47. The third-order valence-corrected chi connectivity index (χ3v) is 9.82. The van der Waals surface area contributed by atoms with Gasteiger partial charge in [0.05, 0.1) is 17.4 Å². The second-order valence-electron chi connectivity index (χ2n) is 12.7. The standard InChI is InChI=1S/C36H37N7O3/c1-41-15-5-8-28(41)22-46-35-39-33-17-24(32-18-29(44)16-23-6-2-3-9-30(23)32)10-13-31(33)34(40-35)43-26-11-12-27(43)21-42(20-26)36(45)38-25-7-4-14-37-19-25/h2-4,6-7,9-10,13-14,16-19,26-28,44H,5,8,11-12,15,20-22H2,1H3,(H,38,45)/t26-,27+,28-/m0/s1. The van der Waals surface area contributed by atoms with E-state index < -0.39 is 0 Å². The number of ether oxygens (including phenoxy) is 1. The molecule has 2 bridgehead atoms. The van der Waals surface area contributed by atoms with Crippen molar-refractivity contribution in [1.82, 2.24) is 24.8 Å². The fraction of sp³-hybridized carbons (Fsp3) is 0.333. The number of carbonyl (C=O) groups excluding carboxylic acids is 1. The van der Waals surface area contributed by atoms with Gasteiger partial charge in [-0.25, -0.2) is 4.79 Å². The van der Waals surface area contributed by atoms with Crippen molar-refractivity contribution < 1.29 is 14.6 Å². The molecule has 0 unspecified atom stereocenters. The number of hydrogen-bond acceptors (Lipinski definition) is 8. The van der Waals surface area contributed by atoms with Gasteiger partial charge in [-0.15, -0.1) is 0 Å². The van der Waals surface area contributed by atoms with E-state index in [0.29, 0.717) is 37.4 Å². The van der Waals surface area contributed by atoms with Gasteiger partial charge in [0, 0.05) is 42.8 Å². The minimum absolute atomic E-state index is 0.107. The number of nitrogens with zero attached hydrogens (tertiary/aromatic N) is 6. The van der Waals surface area contributed by atoms with Crippen LogP contribution in [0.5, 0.6) is 11.8 Å². The Morgan fingerprint density at radius 3 is 2.61 bits per heavy atom. The van der Waals surface area contributed by atoms with E-state index in [1.165, 1.54) is 0 Å². The number of fused-ring (bicyclic) bond motifs is 4. The number of rotatable bonds is 6. The van der Waals surface area contributed by atoms with E-state index in [-0.39, 0.29) is 23.9 Å². The molecule has 234 valence electrons. The highest BCUT2D eigenvalue weighted by atomic mass is 16.5. The Morgan fingerprint density at radius 1 is 0.978 bits per heavy atom. The van der Waals surface area contributed by atoms with Crippen molar-refractivity contribution in [3.05, 3.63) is 79.1 Å². The summed E-state index contributed by atoms with van der Waals surface area (Å²) >= 11 is 0. The summed E-state index contributed by atoms with van der Waals surface area (Å²) in [6.45, 7) is 2.81.